The number of methoxy groups -OCH3 is 1. The summed E-state index contributed by atoms with van der Waals surface area (Å²) in [6.45, 7) is 0.712. The lowest BCUT2D eigenvalue weighted by Gasteiger charge is -2.07. The van der Waals surface area contributed by atoms with Gasteiger partial charge >= 0.3 is 0 Å². The molecule has 3 rings (SSSR count). The predicted molar refractivity (Wildman–Crippen MR) is 92.1 cm³/mol. The van der Waals surface area contributed by atoms with E-state index in [0.717, 1.165) is 28.6 Å². The first-order valence-electron chi connectivity index (χ1n) is 7.89. The van der Waals surface area contributed by atoms with Gasteiger partial charge in [-0.3, -0.25) is 0 Å². The Labute approximate surface area is 145 Å². The number of hydrogen-bond donors (Lipinski definition) is 1. The van der Waals surface area contributed by atoms with E-state index in [1.165, 1.54) is 12.1 Å². The molecule has 0 saturated heterocycles. The Morgan fingerprint density at radius 2 is 1.64 bits per heavy atom. The molecule has 0 radical (unpaired) electrons. The maximum absolute atomic E-state index is 13.0. The van der Waals surface area contributed by atoms with Crippen LogP contribution in [0.4, 0.5) is 4.39 Å². The summed E-state index contributed by atoms with van der Waals surface area (Å²) in [4.78, 5) is 7.62. The maximum Gasteiger partial charge on any atom is 0.188 e. The lowest BCUT2D eigenvalue weighted by atomic mass is 10.2. The molecule has 1 N–H and O–H groups in total. The van der Waals surface area contributed by atoms with Crippen LogP contribution in [0.2, 0.25) is 0 Å². The summed E-state index contributed by atoms with van der Waals surface area (Å²) in [6, 6.07) is 13.6. The topological polar surface area (TPSA) is 56.4 Å². The van der Waals surface area contributed by atoms with Crippen molar-refractivity contribution >= 4 is 0 Å². The molecule has 0 bridgehead atoms. The lowest BCUT2D eigenvalue weighted by Crippen LogP contribution is -2.03. The fourth-order valence-electron chi connectivity index (χ4n) is 2.28. The Balaban J connectivity index is 1.50. The second-order valence-corrected chi connectivity index (χ2v) is 5.36. The highest BCUT2D eigenvalue weighted by Crippen LogP contribution is 2.19. The number of ether oxygens (including phenoxy) is 3. The minimum Gasteiger partial charge on any atom is -0.493 e. The van der Waals surface area contributed by atoms with Gasteiger partial charge in [0.15, 0.2) is 6.79 Å². The third kappa shape index (κ3) is 4.81. The van der Waals surface area contributed by atoms with Gasteiger partial charge in [0.05, 0.1) is 12.3 Å². The number of benzene rings is 2. The number of halogens is 1. The van der Waals surface area contributed by atoms with E-state index in [1.54, 1.807) is 19.2 Å². The highest BCUT2D eigenvalue weighted by Gasteiger charge is 2.05. The molecular weight excluding hydrogens is 323 g/mol. The number of nitrogens with zero attached hydrogens (tertiary/aromatic N) is 1. The molecule has 25 heavy (non-hydrogen) atoms. The van der Waals surface area contributed by atoms with Gasteiger partial charge in [-0.25, -0.2) is 9.37 Å². The van der Waals surface area contributed by atoms with Crippen molar-refractivity contribution in [3.63, 3.8) is 0 Å². The summed E-state index contributed by atoms with van der Waals surface area (Å²) in [5, 5.41) is 0. The van der Waals surface area contributed by atoms with Crippen LogP contribution in [0.3, 0.4) is 0 Å². The third-order valence-electron chi connectivity index (χ3n) is 3.55. The number of rotatable bonds is 8. The second kappa shape index (κ2) is 8.30. The van der Waals surface area contributed by atoms with Crippen LogP contribution in [-0.2, 0) is 11.2 Å². The molecule has 0 saturated carbocycles. The van der Waals surface area contributed by atoms with Gasteiger partial charge in [0.25, 0.3) is 0 Å². The highest BCUT2D eigenvalue weighted by atomic mass is 19.1. The number of nitrogens with one attached hydrogen (secondary N) is 1. The number of H-pyrrole nitrogens is 1. The molecule has 1 aromatic heterocycles. The van der Waals surface area contributed by atoms with E-state index in [-0.39, 0.29) is 12.6 Å². The Morgan fingerprint density at radius 3 is 2.32 bits per heavy atom. The summed E-state index contributed by atoms with van der Waals surface area (Å²) in [7, 11) is 1.58. The summed E-state index contributed by atoms with van der Waals surface area (Å²) in [5.74, 6) is 2.05. The van der Waals surface area contributed by atoms with Crippen LogP contribution in [-0.4, -0.2) is 30.5 Å². The van der Waals surface area contributed by atoms with Crippen molar-refractivity contribution < 1.29 is 18.6 Å². The fraction of sp³-hybridized carbons (Fsp3) is 0.211. The summed E-state index contributed by atoms with van der Waals surface area (Å²) in [5.41, 5.74) is 1.66. The molecule has 0 amide bonds. The van der Waals surface area contributed by atoms with Crippen molar-refractivity contribution in [2.75, 3.05) is 20.5 Å². The third-order valence-corrected chi connectivity index (χ3v) is 3.55. The minimum absolute atomic E-state index is 0.217. The van der Waals surface area contributed by atoms with E-state index >= 15 is 0 Å². The van der Waals surface area contributed by atoms with Crippen molar-refractivity contribution in [1.29, 1.82) is 0 Å². The average molecular weight is 342 g/mol. The van der Waals surface area contributed by atoms with Crippen LogP contribution < -0.4 is 9.47 Å². The molecule has 0 unspecified atom stereocenters. The Morgan fingerprint density at radius 1 is 0.960 bits per heavy atom. The fourth-order valence-corrected chi connectivity index (χ4v) is 2.28. The van der Waals surface area contributed by atoms with Crippen LogP contribution in [0.25, 0.3) is 11.3 Å². The molecule has 2 aromatic carbocycles. The molecule has 130 valence electrons. The van der Waals surface area contributed by atoms with E-state index in [0.29, 0.717) is 13.0 Å². The van der Waals surface area contributed by atoms with Crippen LogP contribution >= 0.6 is 0 Å². The molecule has 5 nitrogen and oxygen atoms in total. The first kappa shape index (κ1) is 17.0. The molecule has 0 spiro atoms. The van der Waals surface area contributed by atoms with Gasteiger partial charge in [0.1, 0.15) is 23.1 Å². The zero-order valence-corrected chi connectivity index (χ0v) is 13.9. The normalized spacial score (nSPS) is 10.6. The number of aromatic amines is 1. The van der Waals surface area contributed by atoms with Crippen LogP contribution in [0.5, 0.6) is 11.5 Å². The van der Waals surface area contributed by atoms with E-state index in [1.807, 2.05) is 30.5 Å². The quantitative estimate of drug-likeness (QED) is 0.632. The van der Waals surface area contributed by atoms with Crippen LogP contribution in [0.15, 0.2) is 54.7 Å². The molecular formula is C19H19FN2O3. The van der Waals surface area contributed by atoms with E-state index < -0.39 is 0 Å². The van der Waals surface area contributed by atoms with Crippen LogP contribution in [0, 0.1) is 5.82 Å². The Bertz CT molecular complexity index is 785. The monoisotopic (exact) mass is 342 g/mol. The minimum atomic E-state index is -0.258. The van der Waals surface area contributed by atoms with E-state index in [9.17, 15) is 4.39 Å². The zero-order valence-electron chi connectivity index (χ0n) is 13.9. The standard InChI is InChI=1S/C19H19FN2O3/c1-23-13-25-17-8-6-16(7-9-17)24-11-10-19-21-12-18(22-19)14-2-4-15(20)5-3-14/h2-9,12H,10-11,13H2,1H3,(H,21,22). The van der Waals surface area contributed by atoms with Gasteiger partial charge in [-0.15, -0.1) is 0 Å². The first-order chi connectivity index (χ1) is 12.2. The number of hydrogen-bond acceptors (Lipinski definition) is 4. The predicted octanol–water partition coefficient (Wildman–Crippen LogP) is 3.82. The molecule has 3 aromatic rings. The van der Waals surface area contributed by atoms with E-state index in [2.05, 4.69) is 9.97 Å². The van der Waals surface area contributed by atoms with Crippen molar-refractivity contribution in [1.82, 2.24) is 9.97 Å². The number of imidazole rings is 1. The Kier molecular flexibility index (Phi) is 5.64. The molecule has 0 aliphatic carbocycles. The van der Waals surface area contributed by atoms with Gasteiger partial charge in [-0.2, -0.15) is 0 Å². The summed E-state index contributed by atoms with van der Waals surface area (Å²) in [6.07, 6.45) is 2.45. The number of aromatic nitrogens is 2. The van der Waals surface area contributed by atoms with Crippen molar-refractivity contribution in [2.24, 2.45) is 0 Å². The van der Waals surface area contributed by atoms with E-state index in [4.69, 9.17) is 14.2 Å². The second-order valence-electron chi connectivity index (χ2n) is 5.36. The van der Waals surface area contributed by atoms with Gasteiger partial charge in [-0.1, -0.05) is 0 Å². The lowest BCUT2D eigenvalue weighted by molar-refractivity contribution is 0.0511. The maximum atomic E-state index is 13.0. The molecule has 0 fully saturated rings. The van der Waals surface area contributed by atoms with Gasteiger partial charge < -0.3 is 19.2 Å². The molecule has 0 atom stereocenters. The Hall–Kier alpha value is -2.86. The van der Waals surface area contributed by atoms with Gasteiger partial charge in [0, 0.05) is 25.3 Å². The van der Waals surface area contributed by atoms with Gasteiger partial charge in [-0.05, 0) is 48.5 Å². The molecule has 0 aliphatic heterocycles. The van der Waals surface area contributed by atoms with Crippen molar-refractivity contribution in [3.05, 3.63) is 66.4 Å². The van der Waals surface area contributed by atoms with Gasteiger partial charge in [0.2, 0.25) is 0 Å². The molecule has 6 heteroatoms. The summed E-state index contributed by atoms with van der Waals surface area (Å²) >= 11 is 0. The molecule has 1 heterocycles. The highest BCUT2D eigenvalue weighted by molar-refractivity contribution is 5.58. The van der Waals surface area contributed by atoms with Crippen molar-refractivity contribution in [2.45, 2.75) is 6.42 Å². The van der Waals surface area contributed by atoms with Crippen molar-refractivity contribution in [3.8, 4) is 22.8 Å². The largest absolute Gasteiger partial charge is 0.493 e. The summed E-state index contributed by atoms with van der Waals surface area (Å²) < 4.78 is 28.8. The van der Waals surface area contributed by atoms with Crippen LogP contribution in [0.1, 0.15) is 5.82 Å². The average Bonchev–Trinajstić information content (AvgIpc) is 3.10. The first-order valence-corrected chi connectivity index (χ1v) is 7.89. The smallest absolute Gasteiger partial charge is 0.188 e. The molecule has 0 aliphatic rings. The SMILES string of the molecule is COCOc1ccc(OCCc2nc(-c3ccc(F)cc3)c[nH]2)cc1. The zero-order chi connectivity index (χ0) is 17.5.